The van der Waals surface area contributed by atoms with E-state index in [-0.39, 0.29) is 0 Å². The fraction of sp³-hybridized carbons (Fsp3) is 0.417. The molecule has 0 saturated carbocycles. The molecule has 0 aromatic heterocycles. The first-order valence-electron chi connectivity index (χ1n) is 5.01. The van der Waals surface area contributed by atoms with E-state index in [0.717, 1.165) is 30.7 Å². The Bertz CT molecular complexity index is 306. The maximum Gasteiger partial charge on any atom is 0.0395 e. The van der Waals surface area contributed by atoms with Crippen LogP contribution in [0.15, 0.2) is 40.6 Å². The average Bonchev–Trinajstić information content (AvgIpc) is 2.13. The fourth-order valence-electron chi connectivity index (χ4n) is 1.17. The van der Waals surface area contributed by atoms with Crippen molar-refractivity contribution in [2.45, 2.75) is 26.7 Å². The molecule has 2 nitrogen and oxygen atoms in total. The van der Waals surface area contributed by atoms with Gasteiger partial charge in [0, 0.05) is 12.3 Å². The van der Waals surface area contributed by atoms with Crippen LogP contribution in [0.3, 0.4) is 0 Å². The highest BCUT2D eigenvalue weighted by Gasteiger charge is 1.97. The summed E-state index contributed by atoms with van der Waals surface area (Å²) in [6, 6.07) is 0. The molecule has 0 saturated heterocycles. The Hall–Kier alpha value is -1.31. The van der Waals surface area contributed by atoms with Crippen LogP contribution in [-0.2, 0) is 0 Å². The minimum atomic E-state index is 0.891. The molecule has 0 radical (unpaired) electrons. The van der Waals surface area contributed by atoms with E-state index in [9.17, 15) is 0 Å². The van der Waals surface area contributed by atoms with Crippen molar-refractivity contribution in [1.82, 2.24) is 0 Å². The van der Waals surface area contributed by atoms with Crippen LogP contribution in [0, 0.1) is 0 Å². The highest BCUT2D eigenvalue weighted by atomic mass is 14.7. The zero-order chi connectivity index (χ0) is 10.4. The van der Waals surface area contributed by atoms with Gasteiger partial charge >= 0.3 is 0 Å². The van der Waals surface area contributed by atoms with Crippen molar-refractivity contribution < 1.29 is 0 Å². The van der Waals surface area contributed by atoms with E-state index in [1.807, 2.05) is 13.8 Å². The first-order chi connectivity index (χ1) is 6.74. The lowest BCUT2D eigenvalue weighted by Gasteiger charge is -2.05. The molecule has 0 unspecified atom stereocenters. The summed E-state index contributed by atoms with van der Waals surface area (Å²) in [4.78, 5) is 4.44. The van der Waals surface area contributed by atoms with Crippen LogP contribution in [0.4, 0.5) is 0 Å². The summed E-state index contributed by atoms with van der Waals surface area (Å²) in [6.45, 7) is 4.87. The lowest BCUT2D eigenvalue weighted by Crippen LogP contribution is -1.98. The van der Waals surface area contributed by atoms with E-state index in [4.69, 9.17) is 5.73 Å². The Kier molecular flexibility index (Phi) is 4.17. The summed E-state index contributed by atoms with van der Waals surface area (Å²) in [7, 11) is 0. The average molecular weight is 190 g/mol. The van der Waals surface area contributed by atoms with Crippen LogP contribution in [0.25, 0.3) is 0 Å². The number of allylic oxidation sites excluding steroid dienone is 5. The zero-order valence-corrected chi connectivity index (χ0v) is 8.96. The zero-order valence-electron chi connectivity index (χ0n) is 8.96. The molecule has 0 spiro atoms. The van der Waals surface area contributed by atoms with Crippen molar-refractivity contribution in [2.24, 2.45) is 10.7 Å². The monoisotopic (exact) mass is 190 g/mol. The van der Waals surface area contributed by atoms with Crippen LogP contribution in [0.5, 0.6) is 0 Å². The molecule has 0 amide bonds. The van der Waals surface area contributed by atoms with E-state index in [0.29, 0.717) is 0 Å². The number of rotatable bonds is 5. The third-order valence-electron chi connectivity index (χ3n) is 2.41. The van der Waals surface area contributed by atoms with Crippen LogP contribution in [-0.4, -0.2) is 12.3 Å². The Balaban J connectivity index is 2.18. The highest BCUT2D eigenvalue weighted by Crippen LogP contribution is 2.14. The number of hydrogen-bond acceptors (Lipinski definition) is 2. The van der Waals surface area contributed by atoms with Gasteiger partial charge in [-0.3, -0.25) is 4.99 Å². The molecule has 1 aliphatic rings. The maximum absolute atomic E-state index is 5.39. The van der Waals surface area contributed by atoms with E-state index in [1.54, 1.807) is 6.20 Å². The molecule has 14 heavy (non-hydrogen) atoms. The second kappa shape index (κ2) is 5.43. The minimum absolute atomic E-state index is 0.891. The van der Waals surface area contributed by atoms with Crippen molar-refractivity contribution in [2.75, 3.05) is 6.54 Å². The number of hydrogen-bond donors (Lipinski definition) is 1. The molecule has 0 fully saturated rings. The molecular formula is C12H18N2. The first-order valence-corrected chi connectivity index (χ1v) is 5.01. The quantitative estimate of drug-likeness (QED) is 0.525. The van der Waals surface area contributed by atoms with Crippen molar-refractivity contribution in [3.05, 3.63) is 35.6 Å². The van der Waals surface area contributed by atoms with Gasteiger partial charge in [0.05, 0.1) is 0 Å². The second-order valence-corrected chi connectivity index (χ2v) is 3.52. The van der Waals surface area contributed by atoms with Crippen molar-refractivity contribution >= 4 is 5.71 Å². The third kappa shape index (κ3) is 3.21. The molecule has 0 aromatic rings. The van der Waals surface area contributed by atoms with Crippen LogP contribution in [0.1, 0.15) is 26.7 Å². The Morgan fingerprint density at radius 2 is 2.21 bits per heavy atom. The minimum Gasteiger partial charge on any atom is -0.404 e. The van der Waals surface area contributed by atoms with Gasteiger partial charge in [-0.2, -0.15) is 0 Å². The predicted octanol–water partition coefficient (Wildman–Crippen LogP) is 2.59. The van der Waals surface area contributed by atoms with Crippen molar-refractivity contribution in [1.29, 1.82) is 0 Å². The Labute approximate surface area is 85.9 Å². The van der Waals surface area contributed by atoms with Gasteiger partial charge in [0.1, 0.15) is 0 Å². The molecule has 0 aliphatic heterocycles. The molecule has 0 atom stereocenters. The predicted molar refractivity (Wildman–Crippen MR) is 62.4 cm³/mol. The van der Waals surface area contributed by atoms with Crippen molar-refractivity contribution in [3.8, 4) is 0 Å². The molecule has 0 heterocycles. The molecule has 0 bridgehead atoms. The fourth-order valence-corrected chi connectivity index (χ4v) is 1.17. The van der Waals surface area contributed by atoms with E-state index < -0.39 is 0 Å². The summed E-state index contributed by atoms with van der Waals surface area (Å²) in [5, 5.41) is 0. The van der Waals surface area contributed by atoms with Crippen LogP contribution >= 0.6 is 0 Å². The lowest BCUT2D eigenvalue weighted by atomic mass is 10.0. The standard InChI is InChI=1S/C12H18N2/c1-10(9-13)11(2)14-8-4-7-12-5-3-6-12/h3,5-6,9H,4,7-8,13H2,1-2H3/b10-9-,14-11?. The van der Waals surface area contributed by atoms with Crippen molar-refractivity contribution in [3.63, 3.8) is 0 Å². The summed E-state index contributed by atoms with van der Waals surface area (Å²) in [5.41, 5.74) is 8.94. The highest BCUT2D eigenvalue weighted by molar-refractivity contribution is 5.97. The number of nitrogens with two attached hydrogens (primary N) is 1. The molecule has 2 heteroatoms. The molecule has 0 aromatic carbocycles. The van der Waals surface area contributed by atoms with Gasteiger partial charge in [-0.25, -0.2) is 0 Å². The topological polar surface area (TPSA) is 38.4 Å². The van der Waals surface area contributed by atoms with E-state index >= 15 is 0 Å². The maximum atomic E-state index is 5.39. The Morgan fingerprint density at radius 1 is 1.50 bits per heavy atom. The largest absolute Gasteiger partial charge is 0.404 e. The number of aliphatic imine (C=N–C) groups is 1. The normalized spacial score (nSPS) is 16.6. The summed E-state index contributed by atoms with van der Waals surface area (Å²) < 4.78 is 0. The van der Waals surface area contributed by atoms with Gasteiger partial charge in [-0.15, -0.1) is 0 Å². The molecule has 2 N–H and O–H groups in total. The van der Waals surface area contributed by atoms with Gasteiger partial charge < -0.3 is 5.73 Å². The van der Waals surface area contributed by atoms with Gasteiger partial charge in [0.25, 0.3) is 0 Å². The third-order valence-corrected chi connectivity index (χ3v) is 2.41. The SMILES string of the molecule is CC(=NCCCC1=CC=C1)/C(C)=C\N. The van der Waals surface area contributed by atoms with Gasteiger partial charge in [-0.1, -0.05) is 18.2 Å². The lowest BCUT2D eigenvalue weighted by molar-refractivity contribution is 0.832. The summed E-state index contributed by atoms with van der Waals surface area (Å²) >= 11 is 0. The molecule has 1 aliphatic carbocycles. The molecule has 1 rings (SSSR count). The second-order valence-electron chi connectivity index (χ2n) is 3.52. The summed E-state index contributed by atoms with van der Waals surface area (Å²) in [5.74, 6) is 0. The smallest absolute Gasteiger partial charge is 0.0395 e. The Morgan fingerprint density at radius 3 is 2.71 bits per heavy atom. The van der Waals surface area contributed by atoms with Gasteiger partial charge in [0.15, 0.2) is 0 Å². The van der Waals surface area contributed by atoms with Crippen LogP contribution in [0.2, 0.25) is 0 Å². The first kappa shape index (κ1) is 10.8. The van der Waals surface area contributed by atoms with Gasteiger partial charge in [0.2, 0.25) is 0 Å². The van der Waals surface area contributed by atoms with Crippen LogP contribution < -0.4 is 5.73 Å². The number of nitrogens with zero attached hydrogens (tertiary/aromatic N) is 1. The summed E-state index contributed by atoms with van der Waals surface area (Å²) in [6.07, 6.45) is 10.2. The van der Waals surface area contributed by atoms with E-state index in [1.165, 1.54) is 5.57 Å². The van der Waals surface area contributed by atoms with E-state index in [2.05, 4.69) is 23.2 Å². The molecular weight excluding hydrogens is 172 g/mol. The van der Waals surface area contributed by atoms with Gasteiger partial charge in [-0.05, 0) is 44.0 Å². The molecule has 76 valence electrons.